The van der Waals surface area contributed by atoms with E-state index in [2.05, 4.69) is 50.1 Å². The number of para-hydroxylation sites is 2. The Balaban J connectivity index is 1.32. The predicted molar refractivity (Wildman–Crippen MR) is 185 cm³/mol. The molecule has 0 spiro atoms. The number of hydrogen-bond acceptors (Lipinski definition) is 19. The van der Waals surface area contributed by atoms with E-state index in [0.29, 0.717) is 16.8 Å². The summed E-state index contributed by atoms with van der Waals surface area (Å²) in [4.78, 5) is 34.5. The highest BCUT2D eigenvalue weighted by Crippen LogP contribution is 2.41. The van der Waals surface area contributed by atoms with Crippen LogP contribution in [-0.2, 0) is 26.2 Å². The van der Waals surface area contributed by atoms with Crippen molar-refractivity contribution in [3.8, 4) is 51.8 Å². The van der Waals surface area contributed by atoms with Crippen LogP contribution in [0.2, 0.25) is 0 Å². The number of anilines is 1. The summed E-state index contributed by atoms with van der Waals surface area (Å²) >= 11 is 0. The quantitative estimate of drug-likeness (QED) is 0.0466. The van der Waals surface area contributed by atoms with Crippen molar-refractivity contribution >= 4 is 22.0 Å². The molecule has 0 amide bonds. The largest absolute Gasteiger partial charge is 0.513 e. The molecule has 284 valence electrons. The number of ether oxygens (including phenoxy) is 5. The van der Waals surface area contributed by atoms with Crippen LogP contribution in [0.1, 0.15) is 11.1 Å². The van der Waals surface area contributed by atoms with Crippen LogP contribution in [0.25, 0.3) is 22.9 Å². The zero-order valence-corrected chi connectivity index (χ0v) is 29.6. The molecule has 0 radical (unpaired) electrons. The number of nitrogens with zero attached hydrogens (tertiary/aromatic N) is 8. The molecule has 22 heteroatoms. The molecule has 21 nitrogen and oxygen atoms in total. The fraction of sp³-hybridized carbons (Fsp3) is 0.152. The fourth-order valence-corrected chi connectivity index (χ4v) is 5.54. The maximum Gasteiger partial charge on any atom is 0.513 e. The molecule has 55 heavy (non-hydrogen) atoms. The van der Waals surface area contributed by atoms with Crippen LogP contribution in [-0.4, -0.2) is 91.3 Å². The third kappa shape index (κ3) is 9.98. The summed E-state index contributed by atoms with van der Waals surface area (Å²) < 4.78 is 57.8. The number of tetrazole rings is 1. The van der Waals surface area contributed by atoms with Gasteiger partial charge in [0, 0.05) is 18.0 Å². The third-order valence-electron chi connectivity index (χ3n) is 7.09. The lowest BCUT2D eigenvalue weighted by Gasteiger charge is -2.18. The molecule has 0 aliphatic heterocycles. The maximum absolute atomic E-state index is 13.7. The summed E-state index contributed by atoms with van der Waals surface area (Å²) in [6.45, 7) is 0.826. The second-order valence-corrected chi connectivity index (χ2v) is 12.6. The molecule has 0 unspecified atom stereocenters. The number of carbonyl (C=O) groups excluding carboxylic acids is 1. The Morgan fingerprint density at radius 3 is 2.53 bits per heavy atom. The maximum atomic E-state index is 13.7. The molecule has 4 heterocycles. The smallest absolute Gasteiger partial charge is 0.493 e. The molecular weight excluding hydrogens is 744 g/mol. The highest BCUT2D eigenvalue weighted by molar-refractivity contribution is 7.92. The van der Waals surface area contributed by atoms with Crippen molar-refractivity contribution in [1.29, 1.82) is 0 Å². The number of sulfonamides is 1. The van der Waals surface area contributed by atoms with E-state index < -0.39 is 21.6 Å². The molecule has 4 aromatic heterocycles. The molecule has 0 saturated carbocycles. The molecule has 0 aliphatic carbocycles. The van der Waals surface area contributed by atoms with Crippen molar-refractivity contribution in [3.05, 3.63) is 96.3 Å². The Morgan fingerprint density at radius 1 is 0.945 bits per heavy atom. The molecule has 6 rings (SSSR count). The molecular formula is C33H30N10O11S. The van der Waals surface area contributed by atoms with Crippen LogP contribution in [0, 0.1) is 6.92 Å². The average molecular weight is 775 g/mol. The van der Waals surface area contributed by atoms with Gasteiger partial charge in [-0.05, 0) is 65.7 Å². The Morgan fingerprint density at radius 2 is 1.78 bits per heavy atom. The zero-order chi connectivity index (χ0) is 38.8. The van der Waals surface area contributed by atoms with E-state index in [1.807, 2.05) is 0 Å². The minimum Gasteiger partial charge on any atom is -0.493 e. The first kappa shape index (κ1) is 37.9. The van der Waals surface area contributed by atoms with Crippen LogP contribution in [0.3, 0.4) is 0 Å². The topological polar surface area (TPSA) is 268 Å². The van der Waals surface area contributed by atoms with Crippen molar-refractivity contribution in [2.75, 3.05) is 25.0 Å². The van der Waals surface area contributed by atoms with E-state index in [0.717, 1.165) is 5.56 Å². The van der Waals surface area contributed by atoms with Crippen molar-refractivity contribution in [1.82, 2.24) is 45.9 Å². The molecule has 0 atom stereocenters. The minimum atomic E-state index is -4.38. The van der Waals surface area contributed by atoms with Crippen LogP contribution in [0.5, 0.6) is 28.9 Å². The van der Waals surface area contributed by atoms with E-state index >= 15 is 0 Å². The Hall–Kier alpha value is -6.85. The molecule has 0 aliphatic rings. The summed E-state index contributed by atoms with van der Waals surface area (Å²) in [7, 11) is -2.96. The molecule has 4 N–H and O–H groups in total. The average Bonchev–Trinajstić information content (AvgIpc) is 3.73. The second kappa shape index (κ2) is 17.3. The first-order chi connectivity index (χ1) is 26.6. The number of hydrogen-bond donors (Lipinski definition) is 4. The first-order valence-corrected chi connectivity index (χ1v) is 17.3. The summed E-state index contributed by atoms with van der Waals surface area (Å²) in [6, 6.07) is 18.6. The van der Waals surface area contributed by atoms with Gasteiger partial charge in [0.25, 0.3) is 15.9 Å². The van der Waals surface area contributed by atoms with Crippen molar-refractivity contribution in [2.24, 2.45) is 0 Å². The van der Waals surface area contributed by atoms with E-state index in [9.17, 15) is 13.2 Å². The number of aromatic nitrogens is 8. The van der Waals surface area contributed by atoms with Crippen LogP contribution in [0.15, 0.2) is 90.2 Å². The molecule has 6 aromatic rings. The summed E-state index contributed by atoms with van der Waals surface area (Å²) in [5.41, 5.74) is 1.83. The highest BCUT2D eigenvalue weighted by Gasteiger charge is 2.26. The van der Waals surface area contributed by atoms with Crippen LogP contribution < -0.4 is 23.7 Å². The number of benzene rings is 2. The number of methoxy groups -OCH3 is 1. The normalized spacial score (nSPS) is 11.2. The zero-order valence-electron chi connectivity index (χ0n) is 28.8. The van der Waals surface area contributed by atoms with E-state index in [4.69, 9.17) is 34.1 Å². The summed E-state index contributed by atoms with van der Waals surface area (Å²) in [6.07, 6.45) is 1.75. The van der Waals surface area contributed by atoms with Crippen molar-refractivity contribution in [3.63, 3.8) is 0 Å². The second-order valence-electron chi connectivity index (χ2n) is 11.0. The molecule has 0 bridgehead atoms. The third-order valence-corrected chi connectivity index (χ3v) is 8.34. The Labute approximate surface area is 311 Å². The van der Waals surface area contributed by atoms with Gasteiger partial charge in [-0.25, -0.2) is 19.6 Å². The number of rotatable bonds is 16. The highest BCUT2D eigenvalue weighted by atomic mass is 32.2. The van der Waals surface area contributed by atoms with Gasteiger partial charge in [-0.3, -0.25) is 20.1 Å². The van der Waals surface area contributed by atoms with E-state index in [-0.39, 0.29) is 71.2 Å². The summed E-state index contributed by atoms with van der Waals surface area (Å²) in [5, 5.41) is 30.6. The summed E-state index contributed by atoms with van der Waals surface area (Å²) in [5.74, 6) is -0.234. The molecule has 2 aromatic carbocycles. The van der Waals surface area contributed by atoms with Crippen LogP contribution in [0.4, 0.5) is 10.6 Å². The van der Waals surface area contributed by atoms with E-state index in [1.54, 1.807) is 61.5 Å². The lowest BCUT2D eigenvalue weighted by atomic mass is 10.2. The number of H-pyrrole nitrogens is 1. The van der Waals surface area contributed by atoms with Gasteiger partial charge in [0.2, 0.25) is 11.6 Å². The predicted octanol–water partition coefficient (Wildman–Crippen LogP) is 4.13. The Bertz CT molecular complexity index is 2350. The number of aryl methyl sites for hydroxylation is 1. The van der Waals surface area contributed by atoms with Gasteiger partial charge in [0.1, 0.15) is 24.7 Å². The van der Waals surface area contributed by atoms with Gasteiger partial charge >= 0.3 is 6.16 Å². The van der Waals surface area contributed by atoms with Gasteiger partial charge in [0.05, 0.1) is 19.1 Å². The molecule has 0 fully saturated rings. The monoisotopic (exact) mass is 774 g/mol. The van der Waals surface area contributed by atoms with Crippen molar-refractivity contribution in [2.45, 2.75) is 18.6 Å². The fourth-order valence-electron chi connectivity index (χ4n) is 4.61. The SMILES string of the molecule is COc1ccccc1Oc1c(NS(=O)(=O)c2ccc(C)cn2)nc(-c2ccnc(-c3nn[nH]n3)c2)nc1OCCOC(=O)Oc1cccc(CON(O)O)c1. The number of nitrogens with one attached hydrogen (secondary N) is 2. The Kier molecular flexibility index (Phi) is 11.9. The van der Waals surface area contributed by atoms with Crippen LogP contribution >= 0.6 is 0 Å². The standard InChI is InChI=1S/C33H30N10O11S/c1-20-10-11-27(35-18-20)55(47,48)40-31-28(54-26-9-4-3-8-25(26)49-2)32(37-29(36-31)22-12-13-34-24(17-22)30-38-41-42-39-30)50-14-15-51-33(44)53-23-7-5-6-21(16-23)19-52-43(45)46/h3-13,16-18,45-46H,14-15,19H2,1-2H3,(H,36,37,40)(H,38,39,41,42). The van der Waals surface area contributed by atoms with Gasteiger partial charge in [-0.15, -0.1) is 10.2 Å². The van der Waals surface area contributed by atoms with Crippen molar-refractivity contribution < 1.29 is 52.1 Å². The van der Waals surface area contributed by atoms with Gasteiger partial charge in [-0.1, -0.05) is 30.3 Å². The first-order valence-electron chi connectivity index (χ1n) is 15.8. The lowest BCUT2D eigenvalue weighted by molar-refractivity contribution is -0.497. The lowest BCUT2D eigenvalue weighted by Crippen LogP contribution is -2.18. The number of pyridine rings is 2. The number of aromatic amines is 1. The molecule has 0 saturated heterocycles. The van der Waals surface area contributed by atoms with Gasteiger partial charge in [0.15, 0.2) is 28.2 Å². The van der Waals surface area contributed by atoms with Gasteiger partial charge < -0.3 is 23.7 Å². The van der Waals surface area contributed by atoms with Gasteiger partial charge in [-0.2, -0.15) is 18.6 Å². The van der Waals surface area contributed by atoms with E-state index in [1.165, 1.54) is 37.7 Å². The number of carbonyl (C=O) groups is 1. The minimum absolute atomic E-state index is 0.0428.